The third-order valence-corrected chi connectivity index (χ3v) is 1.72. The summed E-state index contributed by atoms with van der Waals surface area (Å²) in [6.07, 6.45) is 3.96. The number of rotatable bonds is 2. The van der Waals surface area contributed by atoms with Crippen LogP contribution in [0.25, 0.3) is 0 Å². The number of hydrogen-bond acceptors (Lipinski definition) is 1. The summed E-state index contributed by atoms with van der Waals surface area (Å²) in [5, 5.41) is 0. The van der Waals surface area contributed by atoms with Gasteiger partial charge in [0.1, 0.15) is 0 Å². The molecule has 0 aliphatic rings. The van der Waals surface area contributed by atoms with Gasteiger partial charge < -0.3 is 0 Å². The molecule has 0 aromatic heterocycles. The molecular formula is C9H14S. The number of allylic oxidation sites excluding steroid dienone is 4. The summed E-state index contributed by atoms with van der Waals surface area (Å²) in [6, 6.07) is 0. The second-order valence-corrected chi connectivity index (χ2v) is 2.84. The molecule has 0 N–H and O–H groups in total. The van der Waals surface area contributed by atoms with Crippen molar-refractivity contribution >= 4 is 12.6 Å². The van der Waals surface area contributed by atoms with E-state index in [1.165, 1.54) is 5.57 Å². The summed E-state index contributed by atoms with van der Waals surface area (Å²) < 4.78 is 0. The van der Waals surface area contributed by atoms with E-state index in [0.29, 0.717) is 0 Å². The van der Waals surface area contributed by atoms with E-state index in [4.69, 9.17) is 0 Å². The van der Waals surface area contributed by atoms with E-state index < -0.39 is 0 Å². The molecule has 0 heterocycles. The second kappa shape index (κ2) is 4.40. The monoisotopic (exact) mass is 154 g/mol. The standard InChI is InChI=1S/C9H14S/c1-5-9(10)6-8(4)7(2)3/h5-6,10H,2H2,1,3-4H3/b8-6-,9-5+. The van der Waals surface area contributed by atoms with E-state index in [9.17, 15) is 0 Å². The van der Waals surface area contributed by atoms with Crippen molar-refractivity contribution in [3.63, 3.8) is 0 Å². The maximum absolute atomic E-state index is 4.21. The maximum Gasteiger partial charge on any atom is -0.00000516 e. The fourth-order valence-electron chi connectivity index (χ4n) is 0.428. The van der Waals surface area contributed by atoms with Crippen molar-refractivity contribution in [2.45, 2.75) is 20.8 Å². The van der Waals surface area contributed by atoms with E-state index in [-0.39, 0.29) is 0 Å². The second-order valence-electron chi connectivity index (χ2n) is 2.32. The Morgan fingerprint density at radius 3 is 2.20 bits per heavy atom. The van der Waals surface area contributed by atoms with Gasteiger partial charge in [0.25, 0.3) is 0 Å². The highest BCUT2D eigenvalue weighted by Gasteiger charge is 1.88. The van der Waals surface area contributed by atoms with Crippen LogP contribution < -0.4 is 0 Å². The van der Waals surface area contributed by atoms with Gasteiger partial charge in [-0.2, -0.15) is 0 Å². The molecule has 0 atom stereocenters. The summed E-state index contributed by atoms with van der Waals surface area (Å²) in [4.78, 5) is 0.987. The van der Waals surface area contributed by atoms with Crippen LogP contribution in [0.2, 0.25) is 0 Å². The largest absolute Gasteiger partial charge is 0.144 e. The molecule has 0 aliphatic heterocycles. The van der Waals surface area contributed by atoms with Crippen molar-refractivity contribution < 1.29 is 0 Å². The quantitative estimate of drug-likeness (QED) is 0.457. The summed E-state index contributed by atoms with van der Waals surface area (Å²) >= 11 is 4.21. The predicted octanol–water partition coefficient (Wildman–Crippen LogP) is 3.34. The lowest BCUT2D eigenvalue weighted by molar-refractivity contribution is 1.36. The molecule has 10 heavy (non-hydrogen) atoms. The van der Waals surface area contributed by atoms with Gasteiger partial charge in [-0.1, -0.05) is 18.2 Å². The highest BCUT2D eigenvalue weighted by Crippen LogP contribution is 2.11. The molecular weight excluding hydrogens is 140 g/mol. The van der Waals surface area contributed by atoms with E-state index in [1.54, 1.807) is 0 Å². The molecule has 0 amide bonds. The Balaban J connectivity index is 4.31. The Morgan fingerprint density at radius 2 is 1.90 bits per heavy atom. The Bertz CT molecular complexity index is 185. The Labute approximate surface area is 68.7 Å². The molecule has 0 rings (SSSR count). The number of thiol groups is 1. The van der Waals surface area contributed by atoms with Crippen LogP contribution in [-0.4, -0.2) is 0 Å². The molecule has 1 heteroatoms. The minimum atomic E-state index is 0.987. The molecule has 0 saturated heterocycles. The van der Waals surface area contributed by atoms with Crippen LogP contribution in [0, 0.1) is 0 Å². The predicted molar refractivity (Wildman–Crippen MR) is 51.3 cm³/mol. The van der Waals surface area contributed by atoms with Gasteiger partial charge in [0.15, 0.2) is 0 Å². The molecule has 0 fully saturated rings. The molecule has 0 aliphatic carbocycles. The normalized spacial score (nSPS) is 13.6. The lowest BCUT2D eigenvalue weighted by Crippen LogP contribution is -1.75. The van der Waals surface area contributed by atoms with Gasteiger partial charge in [-0.3, -0.25) is 0 Å². The van der Waals surface area contributed by atoms with Crippen LogP contribution in [-0.2, 0) is 0 Å². The van der Waals surface area contributed by atoms with Gasteiger partial charge in [-0.25, -0.2) is 0 Å². The van der Waals surface area contributed by atoms with Gasteiger partial charge in [0.05, 0.1) is 0 Å². The van der Waals surface area contributed by atoms with Crippen LogP contribution in [0.4, 0.5) is 0 Å². The topological polar surface area (TPSA) is 0 Å². The minimum Gasteiger partial charge on any atom is -0.144 e. The first-order valence-corrected chi connectivity index (χ1v) is 3.72. The van der Waals surface area contributed by atoms with E-state index >= 15 is 0 Å². The first-order chi connectivity index (χ1) is 4.57. The average Bonchev–Trinajstić information content (AvgIpc) is 1.87. The van der Waals surface area contributed by atoms with Gasteiger partial charge in [0, 0.05) is 0 Å². The first kappa shape index (κ1) is 9.57. The van der Waals surface area contributed by atoms with Gasteiger partial charge >= 0.3 is 0 Å². The van der Waals surface area contributed by atoms with Crippen molar-refractivity contribution in [2.75, 3.05) is 0 Å². The third-order valence-electron chi connectivity index (χ3n) is 1.33. The van der Waals surface area contributed by atoms with Crippen LogP contribution in [0.5, 0.6) is 0 Å². The molecule has 56 valence electrons. The average molecular weight is 154 g/mol. The first-order valence-electron chi connectivity index (χ1n) is 3.27. The summed E-state index contributed by atoms with van der Waals surface area (Å²) in [7, 11) is 0. The fourth-order valence-corrected chi connectivity index (χ4v) is 0.622. The molecule has 0 aromatic carbocycles. The summed E-state index contributed by atoms with van der Waals surface area (Å²) in [5.41, 5.74) is 2.27. The third kappa shape index (κ3) is 3.57. The SMILES string of the molecule is C=C(C)/C(C)=C\C(S)=C/C. The lowest BCUT2D eigenvalue weighted by atomic mass is 10.1. The zero-order valence-corrected chi connectivity index (χ0v) is 7.70. The molecule has 0 bridgehead atoms. The Kier molecular flexibility index (Phi) is 4.21. The highest BCUT2D eigenvalue weighted by molar-refractivity contribution is 7.84. The van der Waals surface area contributed by atoms with Crippen LogP contribution >= 0.6 is 12.6 Å². The fraction of sp³-hybridized carbons (Fsp3) is 0.333. The van der Waals surface area contributed by atoms with E-state index in [1.807, 2.05) is 32.9 Å². The minimum absolute atomic E-state index is 0.987. The maximum atomic E-state index is 4.21. The molecule has 0 spiro atoms. The van der Waals surface area contributed by atoms with E-state index in [2.05, 4.69) is 19.2 Å². The molecule has 0 saturated carbocycles. The molecule has 0 nitrogen and oxygen atoms in total. The van der Waals surface area contributed by atoms with Gasteiger partial charge in [-0.15, -0.1) is 12.6 Å². The van der Waals surface area contributed by atoms with Crippen LogP contribution in [0.3, 0.4) is 0 Å². The van der Waals surface area contributed by atoms with Crippen molar-refractivity contribution in [1.82, 2.24) is 0 Å². The zero-order valence-electron chi connectivity index (χ0n) is 6.81. The van der Waals surface area contributed by atoms with E-state index in [0.717, 1.165) is 10.5 Å². The highest BCUT2D eigenvalue weighted by atomic mass is 32.1. The molecule has 0 aromatic rings. The van der Waals surface area contributed by atoms with Gasteiger partial charge in [-0.05, 0) is 37.3 Å². The van der Waals surface area contributed by atoms with Crippen LogP contribution in [0.1, 0.15) is 20.8 Å². The number of hydrogen-bond donors (Lipinski definition) is 1. The van der Waals surface area contributed by atoms with Crippen molar-refractivity contribution in [2.24, 2.45) is 0 Å². The van der Waals surface area contributed by atoms with Crippen molar-refractivity contribution in [3.05, 3.63) is 34.8 Å². The van der Waals surface area contributed by atoms with Crippen molar-refractivity contribution in [1.29, 1.82) is 0 Å². The molecule has 0 radical (unpaired) electrons. The van der Waals surface area contributed by atoms with Crippen molar-refractivity contribution in [3.8, 4) is 0 Å². The summed E-state index contributed by atoms with van der Waals surface area (Å²) in [5.74, 6) is 0. The van der Waals surface area contributed by atoms with Crippen LogP contribution in [0.15, 0.2) is 34.8 Å². The Hall–Kier alpha value is -0.430. The smallest absolute Gasteiger partial charge is 0.00000516 e. The Morgan fingerprint density at radius 1 is 1.40 bits per heavy atom. The molecule has 0 unspecified atom stereocenters. The van der Waals surface area contributed by atoms with Gasteiger partial charge in [0.2, 0.25) is 0 Å². The zero-order chi connectivity index (χ0) is 8.15. The lowest BCUT2D eigenvalue weighted by Gasteiger charge is -1.97. The summed E-state index contributed by atoms with van der Waals surface area (Å²) in [6.45, 7) is 9.79.